The second-order valence-electron chi connectivity index (χ2n) is 7.26. The largest absolute Gasteiger partial charge is 0.418 e. The lowest BCUT2D eigenvalue weighted by Crippen LogP contribution is -2.39. The molecule has 0 atom stereocenters. The number of amides is 1. The van der Waals surface area contributed by atoms with Crippen LogP contribution in [0.25, 0.3) is 0 Å². The van der Waals surface area contributed by atoms with Gasteiger partial charge in [0.05, 0.1) is 22.7 Å². The van der Waals surface area contributed by atoms with Crippen LogP contribution in [0.15, 0.2) is 77.7 Å². The number of nitrogens with zero attached hydrogens (tertiary/aromatic N) is 1. The fraction of sp³-hybridized carbons (Fsp3) is 0.174. The highest BCUT2D eigenvalue weighted by atomic mass is 35.5. The van der Waals surface area contributed by atoms with Crippen molar-refractivity contribution in [2.75, 3.05) is 18.4 Å². The molecule has 3 aromatic carbocycles. The Morgan fingerprint density at radius 2 is 1.53 bits per heavy atom. The predicted octanol–water partition coefficient (Wildman–Crippen LogP) is 5.88. The van der Waals surface area contributed by atoms with E-state index in [2.05, 4.69) is 5.32 Å². The van der Waals surface area contributed by atoms with Crippen molar-refractivity contribution in [2.45, 2.75) is 17.5 Å². The van der Waals surface area contributed by atoms with Crippen LogP contribution >= 0.6 is 23.2 Å². The maximum Gasteiger partial charge on any atom is 0.418 e. The van der Waals surface area contributed by atoms with Crippen molar-refractivity contribution < 1.29 is 26.4 Å². The van der Waals surface area contributed by atoms with Gasteiger partial charge < -0.3 is 5.32 Å². The molecular weight excluding hydrogens is 512 g/mol. The van der Waals surface area contributed by atoms with Crippen molar-refractivity contribution in [1.29, 1.82) is 0 Å². The number of halogens is 5. The van der Waals surface area contributed by atoms with Crippen LogP contribution in [0.1, 0.15) is 11.1 Å². The molecule has 3 rings (SSSR count). The molecule has 0 aromatic heterocycles. The zero-order chi connectivity index (χ0) is 24.9. The van der Waals surface area contributed by atoms with E-state index in [-0.39, 0.29) is 22.9 Å². The second kappa shape index (κ2) is 10.8. The van der Waals surface area contributed by atoms with Gasteiger partial charge in [0, 0.05) is 16.6 Å². The topological polar surface area (TPSA) is 66.5 Å². The number of hydrogen-bond acceptors (Lipinski definition) is 3. The molecule has 0 unspecified atom stereocenters. The molecule has 11 heteroatoms. The maximum atomic E-state index is 13.4. The number of carbonyl (C=O) groups excluding carboxylic acids is 1. The van der Waals surface area contributed by atoms with Gasteiger partial charge in [0.25, 0.3) is 0 Å². The minimum atomic E-state index is -4.77. The smallest absolute Gasteiger partial charge is 0.324 e. The summed E-state index contributed by atoms with van der Waals surface area (Å²) in [6.07, 6.45) is -4.48. The Bertz CT molecular complexity index is 1250. The van der Waals surface area contributed by atoms with E-state index in [4.69, 9.17) is 23.2 Å². The van der Waals surface area contributed by atoms with E-state index in [1.54, 1.807) is 24.3 Å². The normalized spacial score (nSPS) is 12.1. The SMILES string of the molecule is O=C(CN(CCc1ccccc1)S(=O)(=O)c1ccc(Cl)cc1)Nc1ccc(Cl)cc1C(F)(F)F. The minimum absolute atomic E-state index is 0.0743. The third-order valence-corrected chi connectivity index (χ3v) is 7.17. The van der Waals surface area contributed by atoms with Crippen LogP contribution in [0.2, 0.25) is 10.0 Å². The van der Waals surface area contributed by atoms with E-state index >= 15 is 0 Å². The first-order valence-corrected chi connectivity index (χ1v) is 12.1. The van der Waals surface area contributed by atoms with E-state index in [1.165, 1.54) is 30.3 Å². The van der Waals surface area contributed by atoms with Crippen molar-refractivity contribution in [3.63, 3.8) is 0 Å². The first-order valence-electron chi connectivity index (χ1n) is 9.93. The lowest BCUT2D eigenvalue weighted by Gasteiger charge is -2.22. The lowest BCUT2D eigenvalue weighted by molar-refractivity contribution is -0.137. The Hall–Kier alpha value is -2.59. The molecule has 0 aliphatic rings. The Morgan fingerprint density at radius 1 is 0.912 bits per heavy atom. The monoisotopic (exact) mass is 530 g/mol. The molecular formula is C23H19Cl2F3N2O3S. The number of rotatable bonds is 8. The summed E-state index contributed by atoms with van der Waals surface area (Å²) in [5.74, 6) is -0.932. The van der Waals surface area contributed by atoms with Crippen LogP contribution < -0.4 is 5.32 Å². The fourth-order valence-electron chi connectivity index (χ4n) is 3.15. The number of carbonyl (C=O) groups is 1. The summed E-state index contributed by atoms with van der Waals surface area (Å²) >= 11 is 11.5. The molecule has 0 saturated heterocycles. The van der Waals surface area contributed by atoms with Gasteiger partial charge in [-0.25, -0.2) is 8.42 Å². The first kappa shape index (κ1) is 26.0. The van der Waals surface area contributed by atoms with Gasteiger partial charge in [0.2, 0.25) is 15.9 Å². The van der Waals surface area contributed by atoms with Crippen molar-refractivity contribution in [3.05, 3.63) is 94.0 Å². The average Bonchev–Trinajstić information content (AvgIpc) is 2.78. The van der Waals surface area contributed by atoms with Gasteiger partial charge in [-0.2, -0.15) is 17.5 Å². The Morgan fingerprint density at radius 3 is 2.15 bits per heavy atom. The number of alkyl halides is 3. The van der Waals surface area contributed by atoms with Crippen LogP contribution in [0.4, 0.5) is 18.9 Å². The summed E-state index contributed by atoms with van der Waals surface area (Å²) in [7, 11) is -4.15. The molecule has 0 aliphatic carbocycles. The molecule has 0 spiro atoms. The number of sulfonamides is 1. The molecule has 0 saturated carbocycles. The molecule has 1 amide bonds. The molecule has 180 valence electrons. The molecule has 3 aromatic rings. The zero-order valence-electron chi connectivity index (χ0n) is 17.5. The summed E-state index contributed by atoms with van der Waals surface area (Å²) in [6.45, 7) is -0.771. The first-order chi connectivity index (χ1) is 16.0. The third kappa shape index (κ3) is 6.73. The van der Waals surface area contributed by atoms with E-state index in [0.29, 0.717) is 11.1 Å². The summed E-state index contributed by atoms with van der Waals surface area (Å²) in [5, 5.41) is 2.34. The van der Waals surface area contributed by atoms with E-state index in [0.717, 1.165) is 15.9 Å². The Balaban J connectivity index is 1.86. The van der Waals surface area contributed by atoms with Crippen LogP contribution in [0.5, 0.6) is 0 Å². The lowest BCUT2D eigenvalue weighted by atomic mass is 10.1. The average molecular weight is 531 g/mol. The van der Waals surface area contributed by atoms with Gasteiger partial charge in [-0.05, 0) is 54.4 Å². The van der Waals surface area contributed by atoms with Gasteiger partial charge in [-0.1, -0.05) is 53.5 Å². The summed E-state index contributed by atoms with van der Waals surface area (Å²) in [6, 6.07) is 17.3. The highest BCUT2D eigenvalue weighted by molar-refractivity contribution is 7.89. The predicted molar refractivity (Wildman–Crippen MR) is 125 cm³/mol. The fourth-order valence-corrected chi connectivity index (χ4v) is 4.84. The van der Waals surface area contributed by atoms with Gasteiger partial charge in [0.15, 0.2) is 0 Å². The van der Waals surface area contributed by atoms with Gasteiger partial charge in [0.1, 0.15) is 0 Å². The second-order valence-corrected chi connectivity index (χ2v) is 10.1. The number of benzene rings is 3. The van der Waals surface area contributed by atoms with Crippen LogP contribution in [0.3, 0.4) is 0 Å². The molecule has 0 aliphatic heterocycles. The van der Waals surface area contributed by atoms with Crippen LogP contribution in [0, 0.1) is 0 Å². The van der Waals surface area contributed by atoms with E-state index < -0.39 is 39.9 Å². The molecule has 0 fully saturated rings. The highest BCUT2D eigenvalue weighted by Crippen LogP contribution is 2.36. The van der Waals surface area contributed by atoms with Crippen LogP contribution in [-0.4, -0.2) is 31.7 Å². The molecule has 34 heavy (non-hydrogen) atoms. The number of nitrogens with one attached hydrogen (secondary N) is 1. The summed E-state index contributed by atoms with van der Waals surface area (Å²) < 4.78 is 67.5. The highest BCUT2D eigenvalue weighted by Gasteiger charge is 2.35. The van der Waals surface area contributed by atoms with E-state index in [1.807, 2.05) is 6.07 Å². The molecule has 0 bridgehead atoms. The molecule has 0 radical (unpaired) electrons. The third-order valence-electron chi connectivity index (χ3n) is 4.83. The Labute approximate surface area is 205 Å². The van der Waals surface area contributed by atoms with Crippen molar-refractivity contribution >= 4 is 44.8 Å². The molecule has 1 N–H and O–H groups in total. The number of anilines is 1. The molecule has 0 heterocycles. The Kier molecular flexibility index (Phi) is 8.25. The van der Waals surface area contributed by atoms with Crippen molar-refractivity contribution in [3.8, 4) is 0 Å². The molecule has 5 nitrogen and oxygen atoms in total. The van der Waals surface area contributed by atoms with Gasteiger partial charge in [-0.15, -0.1) is 0 Å². The summed E-state index contributed by atoms with van der Waals surface area (Å²) in [4.78, 5) is 12.6. The maximum absolute atomic E-state index is 13.4. The number of hydrogen-bond donors (Lipinski definition) is 1. The standard InChI is InChI=1S/C23H19Cl2F3N2O3S/c24-17-6-9-19(10-7-17)34(32,33)30(13-12-16-4-2-1-3-5-16)15-22(31)29-21-11-8-18(25)14-20(21)23(26,27)28/h1-11,14H,12-13,15H2,(H,29,31). The van der Waals surface area contributed by atoms with E-state index in [9.17, 15) is 26.4 Å². The van der Waals surface area contributed by atoms with Crippen molar-refractivity contribution in [1.82, 2.24) is 4.31 Å². The van der Waals surface area contributed by atoms with Gasteiger partial charge in [-0.3, -0.25) is 4.79 Å². The quantitative estimate of drug-likeness (QED) is 0.395. The van der Waals surface area contributed by atoms with Gasteiger partial charge >= 0.3 is 6.18 Å². The minimum Gasteiger partial charge on any atom is -0.324 e. The van der Waals surface area contributed by atoms with Crippen LogP contribution in [-0.2, 0) is 27.4 Å². The zero-order valence-corrected chi connectivity index (χ0v) is 19.8. The summed E-state index contributed by atoms with van der Waals surface area (Å²) in [5.41, 5.74) is -0.824. The van der Waals surface area contributed by atoms with Crippen molar-refractivity contribution in [2.24, 2.45) is 0 Å².